The molecule has 0 bridgehead atoms. The van der Waals surface area contributed by atoms with E-state index in [0.29, 0.717) is 0 Å². The molecule has 0 saturated carbocycles. The normalized spacial score (nSPS) is 11.5. The highest BCUT2D eigenvalue weighted by Crippen LogP contribution is 2.38. The zero-order valence-electron chi connectivity index (χ0n) is 22.0. The van der Waals surface area contributed by atoms with Crippen LogP contribution in [0, 0.1) is 0 Å². The minimum Gasteiger partial charge on any atom is -0.0622 e. The van der Waals surface area contributed by atoms with Crippen LogP contribution in [0.5, 0.6) is 0 Å². The predicted molar refractivity (Wildman–Crippen MR) is 173 cm³/mol. The molecule has 0 heterocycles. The molecule has 0 aliphatic rings. The van der Waals surface area contributed by atoms with Gasteiger partial charge in [0.15, 0.2) is 0 Å². The SMILES string of the molecule is c1ccc(-c2cccc3cccc(-c4ccc5c(ccc6cc(-c7ccc8ccccc8c7)ccc65)c4)c23)cc1. The van der Waals surface area contributed by atoms with Gasteiger partial charge in [-0.3, -0.25) is 0 Å². The summed E-state index contributed by atoms with van der Waals surface area (Å²) in [4.78, 5) is 0. The van der Waals surface area contributed by atoms with Crippen molar-refractivity contribution in [2.75, 3.05) is 0 Å². The Morgan fingerprint density at radius 1 is 0.250 bits per heavy atom. The Morgan fingerprint density at radius 3 is 1.48 bits per heavy atom. The fraction of sp³-hybridized carbons (Fsp3) is 0. The maximum Gasteiger partial charge on any atom is -0.00268 e. The molecule has 0 heteroatoms. The van der Waals surface area contributed by atoms with Gasteiger partial charge in [0.2, 0.25) is 0 Å². The van der Waals surface area contributed by atoms with Crippen molar-refractivity contribution in [3.05, 3.63) is 158 Å². The lowest BCUT2D eigenvalue weighted by molar-refractivity contribution is 1.64. The van der Waals surface area contributed by atoms with Gasteiger partial charge in [0.05, 0.1) is 0 Å². The fourth-order valence-electron chi connectivity index (χ4n) is 6.23. The van der Waals surface area contributed by atoms with Gasteiger partial charge < -0.3 is 0 Å². The van der Waals surface area contributed by atoms with E-state index >= 15 is 0 Å². The van der Waals surface area contributed by atoms with E-state index < -0.39 is 0 Å². The average molecular weight is 507 g/mol. The second-order valence-corrected chi connectivity index (χ2v) is 10.6. The van der Waals surface area contributed by atoms with Gasteiger partial charge in [-0.15, -0.1) is 0 Å². The molecule has 8 aromatic carbocycles. The molecule has 0 nitrogen and oxygen atoms in total. The lowest BCUT2D eigenvalue weighted by Gasteiger charge is -2.14. The van der Waals surface area contributed by atoms with E-state index in [1.165, 1.54) is 76.5 Å². The number of rotatable bonds is 3. The van der Waals surface area contributed by atoms with Crippen molar-refractivity contribution < 1.29 is 0 Å². The quantitative estimate of drug-likeness (QED) is 0.209. The first-order chi connectivity index (χ1) is 19.8. The summed E-state index contributed by atoms with van der Waals surface area (Å²) < 4.78 is 0. The van der Waals surface area contributed by atoms with E-state index in [9.17, 15) is 0 Å². The van der Waals surface area contributed by atoms with Crippen molar-refractivity contribution in [3.8, 4) is 33.4 Å². The van der Waals surface area contributed by atoms with Crippen molar-refractivity contribution in [2.45, 2.75) is 0 Å². The molecule has 0 aliphatic carbocycles. The van der Waals surface area contributed by atoms with Gasteiger partial charge in [0, 0.05) is 0 Å². The van der Waals surface area contributed by atoms with Crippen LogP contribution in [0.1, 0.15) is 0 Å². The van der Waals surface area contributed by atoms with E-state index in [1.54, 1.807) is 0 Å². The lowest BCUT2D eigenvalue weighted by Crippen LogP contribution is -1.87. The van der Waals surface area contributed by atoms with E-state index in [1.807, 2.05) is 0 Å². The van der Waals surface area contributed by atoms with Gasteiger partial charge in [-0.1, -0.05) is 140 Å². The summed E-state index contributed by atoms with van der Waals surface area (Å²) in [5.41, 5.74) is 7.53. The van der Waals surface area contributed by atoms with Crippen LogP contribution in [0.25, 0.3) is 76.5 Å². The molecule has 0 spiro atoms. The van der Waals surface area contributed by atoms with Crippen LogP contribution >= 0.6 is 0 Å². The Balaban J connectivity index is 1.25. The highest BCUT2D eigenvalue weighted by atomic mass is 14.2. The molecule has 0 N–H and O–H groups in total. The zero-order valence-corrected chi connectivity index (χ0v) is 22.0. The van der Waals surface area contributed by atoms with Gasteiger partial charge >= 0.3 is 0 Å². The Labute approximate surface area is 233 Å². The van der Waals surface area contributed by atoms with Crippen LogP contribution in [0.3, 0.4) is 0 Å². The third kappa shape index (κ3) is 3.77. The molecule has 0 amide bonds. The van der Waals surface area contributed by atoms with Gasteiger partial charge in [0.1, 0.15) is 0 Å². The second-order valence-electron chi connectivity index (χ2n) is 10.6. The zero-order chi connectivity index (χ0) is 26.5. The minimum absolute atomic E-state index is 1.24. The standard InChI is InChI=1S/C40H26/c1-2-9-28(10-3-1)38-14-6-12-29-13-7-15-39(40(29)38)35-21-23-37-34(26-35)19-18-33-25-32(20-22-36(33)37)31-17-16-27-8-4-5-11-30(27)24-31/h1-26H. The molecule has 0 radical (unpaired) electrons. The molecule has 186 valence electrons. The Hall–Kier alpha value is -5.20. The van der Waals surface area contributed by atoms with E-state index in [2.05, 4.69) is 158 Å². The van der Waals surface area contributed by atoms with Gasteiger partial charge in [-0.2, -0.15) is 0 Å². The molecule has 0 unspecified atom stereocenters. The highest BCUT2D eigenvalue weighted by Gasteiger charge is 2.11. The van der Waals surface area contributed by atoms with E-state index in [-0.39, 0.29) is 0 Å². The lowest BCUT2D eigenvalue weighted by atomic mass is 9.90. The highest BCUT2D eigenvalue weighted by molar-refractivity contribution is 6.11. The first-order valence-corrected chi connectivity index (χ1v) is 13.9. The molecule has 0 fully saturated rings. The number of fused-ring (bicyclic) bond motifs is 5. The van der Waals surface area contributed by atoms with Gasteiger partial charge in [-0.25, -0.2) is 0 Å². The van der Waals surface area contributed by atoms with Crippen LogP contribution in [-0.4, -0.2) is 0 Å². The van der Waals surface area contributed by atoms with Crippen molar-refractivity contribution in [1.29, 1.82) is 0 Å². The van der Waals surface area contributed by atoms with Crippen LogP contribution in [-0.2, 0) is 0 Å². The van der Waals surface area contributed by atoms with Gasteiger partial charge in [-0.05, 0) is 94.7 Å². The third-order valence-corrected chi connectivity index (χ3v) is 8.22. The molecular formula is C40H26. The fourth-order valence-corrected chi connectivity index (χ4v) is 6.23. The summed E-state index contributed by atoms with van der Waals surface area (Å²) in [6, 6.07) is 57.6. The first kappa shape index (κ1) is 22.8. The van der Waals surface area contributed by atoms with E-state index in [0.717, 1.165) is 0 Å². The summed E-state index contributed by atoms with van der Waals surface area (Å²) in [6.45, 7) is 0. The number of benzene rings is 8. The monoisotopic (exact) mass is 506 g/mol. The molecule has 0 saturated heterocycles. The van der Waals surface area contributed by atoms with Crippen molar-refractivity contribution >= 4 is 43.1 Å². The summed E-state index contributed by atoms with van der Waals surface area (Å²) >= 11 is 0. The maximum atomic E-state index is 2.35. The Morgan fingerprint density at radius 2 is 0.750 bits per heavy atom. The second kappa shape index (κ2) is 9.22. The molecule has 8 aromatic rings. The molecular weight excluding hydrogens is 480 g/mol. The van der Waals surface area contributed by atoms with Crippen LogP contribution in [0.15, 0.2) is 158 Å². The summed E-state index contributed by atoms with van der Waals surface area (Å²) in [6.07, 6.45) is 0. The summed E-state index contributed by atoms with van der Waals surface area (Å²) in [5.74, 6) is 0. The molecule has 0 atom stereocenters. The minimum atomic E-state index is 1.24. The van der Waals surface area contributed by atoms with Crippen LogP contribution < -0.4 is 0 Å². The van der Waals surface area contributed by atoms with Gasteiger partial charge in [0.25, 0.3) is 0 Å². The van der Waals surface area contributed by atoms with Crippen molar-refractivity contribution in [2.24, 2.45) is 0 Å². The maximum absolute atomic E-state index is 2.35. The Kier molecular flexibility index (Phi) is 5.24. The topological polar surface area (TPSA) is 0 Å². The summed E-state index contributed by atoms with van der Waals surface area (Å²) in [7, 11) is 0. The predicted octanol–water partition coefficient (Wildman–Crippen LogP) is 11.3. The molecule has 0 aromatic heterocycles. The van der Waals surface area contributed by atoms with E-state index in [4.69, 9.17) is 0 Å². The average Bonchev–Trinajstić information content (AvgIpc) is 3.03. The number of hydrogen-bond donors (Lipinski definition) is 0. The third-order valence-electron chi connectivity index (χ3n) is 8.22. The molecule has 8 rings (SSSR count). The van der Waals surface area contributed by atoms with Crippen molar-refractivity contribution in [1.82, 2.24) is 0 Å². The number of hydrogen-bond acceptors (Lipinski definition) is 0. The first-order valence-electron chi connectivity index (χ1n) is 13.9. The van der Waals surface area contributed by atoms with Crippen LogP contribution in [0.2, 0.25) is 0 Å². The largest absolute Gasteiger partial charge is 0.0622 e. The molecule has 0 aliphatic heterocycles. The smallest absolute Gasteiger partial charge is 0.00268 e. The molecule has 40 heavy (non-hydrogen) atoms. The van der Waals surface area contributed by atoms with Crippen molar-refractivity contribution in [3.63, 3.8) is 0 Å². The summed E-state index contributed by atoms with van der Waals surface area (Å²) in [5, 5.41) is 10.2. The Bertz CT molecular complexity index is 2200. The van der Waals surface area contributed by atoms with Crippen LogP contribution in [0.4, 0.5) is 0 Å².